The molecule has 2 aliphatic heterocycles. The van der Waals surface area contributed by atoms with Crippen molar-refractivity contribution < 1.29 is 4.74 Å². The maximum absolute atomic E-state index is 5.41. The molecule has 4 rings (SSSR count). The van der Waals surface area contributed by atoms with Crippen LogP contribution in [0.2, 0.25) is 0 Å². The Morgan fingerprint density at radius 1 is 1.17 bits per heavy atom. The number of hydrogen-bond donors (Lipinski definition) is 1. The fourth-order valence-corrected chi connectivity index (χ4v) is 4.12. The summed E-state index contributed by atoms with van der Waals surface area (Å²) >= 11 is 0. The van der Waals surface area contributed by atoms with Gasteiger partial charge < -0.3 is 24.8 Å². The zero-order valence-corrected chi connectivity index (χ0v) is 18.3. The Hall–Kier alpha value is -2.45. The summed E-state index contributed by atoms with van der Waals surface area (Å²) in [6.07, 6.45) is 3.00. The lowest BCUT2D eigenvalue weighted by Crippen LogP contribution is -2.37. The molecule has 0 bridgehead atoms. The molecule has 162 valence electrons. The maximum Gasteiger partial charge on any atom is 0.227 e. The van der Waals surface area contributed by atoms with Gasteiger partial charge in [0.2, 0.25) is 5.95 Å². The van der Waals surface area contributed by atoms with Crippen molar-refractivity contribution in [1.82, 2.24) is 19.9 Å². The first-order chi connectivity index (χ1) is 14.6. The van der Waals surface area contributed by atoms with E-state index in [9.17, 15) is 0 Å². The third kappa shape index (κ3) is 5.17. The van der Waals surface area contributed by atoms with Gasteiger partial charge in [0, 0.05) is 76.0 Å². The largest absolute Gasteiger partial charge is 0.378 e. The van der Waals surface area contributed by atoms with E-state index >= 15 is 0 Å². The van der Waals surface area contributed by atoms with Crippen LogP contribution in [0.15, 0.2) is 24.4 Å². The Morgan fingerprint density at radius 2 is 2.00 bits per heavy atom. The van der Waals surface area contributed by atoms with Gasteiger partial charge in [0.15, 0.2) is 0 Å². The fraction of sp³-hybridized carbons (Fsp3) is 0.591. The van der Waals surface area contributed by atoms with E-state index in [1.54, 1.807) is 0 Å². The number of nitrogens with zero attached hydrogens (tertiary/aromatic N) is 6. The van der Waals surface area contributed by atoms with Gasteiger partial charge in [-0.15, -0.1) is 0 Å². The van der Waals surface area contributed by atoms with Crippen LogP contribution in [0.1, 0.15) is 23.7 Å². The highest BCUT2D eigenvalue weighted by Gasteiger charge is 2.25. The predicted octanol–water partition coefficient (Wildman–Crippen LogP) is 1.98. The molecule has 2 aromatic heterocycles. The van der Waals surface area contributed by atoms with Crippen LogP contribution in [-0.4, -0.2) is 86.4 Å². The average Bonchev–Trinajstić information content (AvgIpc) is 3.23. The SMILES string of the molecule is Cc1cc(N(C)C)cc(C2CCN(CCNc3ccnc(N4CCOCC4)n3)C2)n1. The van der Waals surface area contributed by atoms with Crippen molar-refractivity contribution in [2.75, 3.05) is 81.7 Å². The molecular formula is C22H33N7O. The summed E-state index contributed by atoms with van der Waals surface area (Å²) < 4.78 is 5.41. The van der Waals surface area contributed by atoms with Crippen molar-refractivity contribution in [3.8, 4) is 0 Å². The molecule has 2 fully saturated rings. The molecule has 2 saturated heterocycles. The summed E-state index contributed by atoms with van der Waals surface area (Å²) in [5.41, 5.74) is 3.55. The molecule has 2 aliphatic rings. The molecule has 0 radical (unpaired) electrons. The minimum absolute atomic E-state index is 0.510. The Balaban J connectivity index is 1.28. The summed E-state index contributed by atoms with van der Waals surface area (Å²) in [6, 6.07) is 6.33. The lowest BCUT2D eigenvalue weighted by Gasteiger charge is -2.26. The van der Waals surface area contributed by atoms with E-state index in [-0.39, 0.29) is 0 Å². The molecule has 0 aromatic carbocycles. The van der Waals surface area contributed by atoms with Crippen molar-refractivity contribution in [2.45, 2.75) is 19.3 Å². The first-order valence-corrected chi connectivity index (χ1v) is 10.9. The van der Waals surface area contributed by atoms with Crippen LogP contribution in [0.5, 0.6) is 0 Å². The number of aromatic nitrogens is 3. The number of pyridine rings is 1. The number of nitrogens with one attached hydrogen (secondary N) is 1. The third-order valence-electron chi connectivity index (χ3n) is 5.84. The summed E-state index contributed by atoms with van der Waals surface area (Å²) in [6.45, 7) is 9.31. The summed E-state index contributed by atoms with van der Waals surface area (Å²) in [5.74, 6) is 2.18. The first-order valence-electron chi connectivity index (χ1n) is 10.9. The van der Waals surface area contributed by atoms with Crippen molar-refractivity contribution in [2.24, 2.45) is 0 Å². The van der Waals surface area contributed by atoms with Gasteiger partial charge in [-0.2, -0.15) is 4.98 Å². The van der Waals surface area contributed by atoms with Crippen LogP contribution in [-0.2, 0) is 4.74 Å². The van der Waals surface area contributed by atoms with Crippen LogP contribution in [0.3, 0.4) is 0 Å². The minimum Gasteiger partial charge on any atom is -0.378 e. The molecule has 0 spiro atoms. The number of anilines is 3. The number of aryl methyl sites for hydroxylation is 1. The lowest BCUT2D eigenvalue weighted by molar-refractivity contribution is 0.122. The highest BCUT2D eigenvalue weighted by molar-refractivity contribution is 5.47. The van der Waals surface area contributed by atoms with Gasteiger partial charge in [0.1, 0.15) is 5.82 Å². The highest BCUT2D eigenvalue weighted by Crippen LogP contribution is 2.28. The second-order valence-corrected chi connectivity index (χ2v) is 8.34. The summed E-state index contributed by atoms with van der Waals surface area (Å²) in [7, 11) is 4.17. The van der Waals surface area contributed by atoms with E-state index in [4.69, 9.17) is 9.72 Å². The van der Waals surface area contributed by atoms with Gasteiger partial charge >= 0.3 is 0 Å². The Kier molecular flexibility index (Phi) is 6.64. The van der Waals surface area contributed by atoms with Crippen LogP contribution in [0, 0.1) is 6.92 Å². The molecule has 4 heterocycles. The number of ether oxygens (including phenoxy) is 1. The average molecular weight is 412 g/mol. The van der Waals surface area contributed by atoms with Gasteiger partial charge in [0.05, 0.1) is 13.2 Å². The summed E-state index contributed by atoms with van der Waals surface area (Å²) in [5, 5.41) is 3.47. The number of hydrogen-bond acceptors (Lipinski definition) is 8. The number of likely N-dealkylation sites (tertiary alicyclic amines) is 1. The smallest absolute Gasteiger partial charge is 0.227 e. The highest BCUT2D eigenvalue weighted by atomic mass is 16.5. The van der Waals surface area contributed by atoms with Gasteiger partial charge in [-0.25, -0.2) is 4.98 Å². The van der Waals surface area contributed by atoms with E-state index < -0.39 is 0 Å². The van der Waals surface area contributed by atoms with Crippen molar-refractivity contribution in [3.63, 3.8) is 0 Å². The Bertz CT molecular complexity index is 838. The summed E-state index contributed by atoms with van der Waals surface area (Å²) in [4.78, 5) is 20.8. The van der Waals surface area contributed by atoms with Gasteiger partial charge in [0.25, 0.3) is 0 Å². The molecule has 2 aromatic rings. The predicted molar refractivity (Wildman–Crippen MR) is 121 cm³/mol. The topological polar surface area (TPSA) is 69.7 Å². The normalized spacial score (nSPS) is 19.8. The Labute approximate surface area is 179 Å². The van der Waals surface area contributed by atoms with E-state index in [0.717, 1.165) is 76.4 Å². The molecule has 30 heavy (non-hydrogen) atoms. The van der Waals surface area contributed by atoms with Crippen LogP contribution in [0.25, 0.3) is 0 Å². The van der Waals surface area contributed by atoms with Crippen molar-refractivity contribution >= 4 is 17.5 Å². The standard InChI is InChI=1S/C22H33N7O/c1-17-14-19(27(2)3)15-20(25-17)18-5-8-28(16-18)9-7-23-21-4-6-24-22(26-21)29-10-12-30-13-11-29/h4,6,14-15,18H,5,7-13,16H2,1-3H3,(H,23,24,26). The van der Waals surface area contributed by atoms with Crippen molar-refractivity contribution in [1.29, 1.82) is 0 Å². The zero-order valence-electron chi connectivity index (χ0n) is 18.3. The molecule has 8 nitrogen and oxygen atoms in total. The third-order valence-corrected chi connectivity index (χ3v) is 5.84. The van der Waals surface area contributed by atoms with Gasteiger partial charge in [-0.3, -0.25) is 4.98 Å². The molecular weight excluding hydrogens is 378 g/mol. The zero-order chi connectivity index (χ0) is 20.9. The molecule has 1 N–H and O–H groups in total. The fourth-order valence-electron chi connectivity index (χ4n) is 4.12. The van der Waals surface area contributed by atoms with E-state index in [1.165, 1.54) is 11.4 Å². The van der Waals surface area contributed by atoms with E-state index in [0.29, 0.717) is 5.92 Å². The number of rotatable bonds is 7. The second-order valence-electron chi connectivity index (χ2n) is 8.34. The van der Waals surface area contributed by atoms with Gasteiger partial charge in [-0.1, -0.05) is 0 Å². The first kappa shape index (κ1) is 20.8. The maximum atomic E-state index is 5.41. The lowest BCUT2D eigenvalue weighted by atomic mass is 10.0. The van der Waals surface area contributed by atoms with E-state index in [2.05, 4.69) is 63.1 Å². The van der Waals surface area contributed by atoms with Gasteiger partial charge in [-0.05, 0) is 38.1 Å². The number of morpholine rings is 1. The van der Waals surface area contributed by atoms with Crippen LogP contribution in [0.4, 0.5) is 17.5 Å². The molecule has 1 atom stereocenters. The van der Waals surface area contributed by atoms with Crippen molar-refractivity contribution in [3.05, 3.63) is 35.8 Å². The van der Waals surface area contributed by atoms with Crippen LogP contribution < -0.4 is 15.1 Å². The molecule has 0 amide bonds. The monoisotopic (exact) mass is 411 g/mol. The molecule has 1 unspecified atom stereocenters. The minimum atomic E-state index is 0.510. The van der Waals surface area contributed by atoms with E-state index in [1.807, 2.05) is 12.3 Å². The van der Waals surface area contributed by atoms with Crippen LogP contribution >= 0.6 is 0 Å². The Morgan fingerprint density at radius 3 is 2.80 bits per heavy atom. The molecule has 8 heteroatoms. The molecule has 0 saturated carbocycles. The molecule has 0 aliphatic carbocycles. The second kappa shape index (κ2) is 9.57. The quantitative estimate of drug-likeness (QED) is 0.742.